The van der Waals surface area contributed by atoms with Crippen molar-refractivity contribution in [2.24, 2.45) is 0 Å². The van der Waals surface area contributed by atoms with E-state index in [-0.39, 0.29) is 0 Å². The van der Waals surface area contributed by atoms with Crippen LogP contribution >= 0.6 is 0 Å². The minimum Gasteiger partial charge on any atom is -0.387 e. The predicted molar refractivity (Wildman–Crippen MR) is 54.3 cm³/mol. The molecule has 1 aromatic rings. The number of aryl methyl sites for hydroxylation is 2. The van der Waals surface area contributed by atoms with Gasteiger partial charge in [-0.1, -0.05) is 18.2 Å². The summed E-state index contributed by atoms with van der Waals surface area (Å²) in [6, 6.07) is 5.96. The molecule has 0 aromatic heterocycles. The lowest BCUT2D eigenvalue weighted by atomic mass is 9.96. The van der Waals surface area contributed by atoms with E-state index < -0.39 is 6.10 Å². The third-order valence-corrected chi connectivity index (χ3v) is 2.19. The summed E-state index contributed by atoms with van der Waals surface area (Å²) in [5, 5.41) is 9.74. The smallest absolute Gasteiger partial charge is 0.0904 e. The van der Waals surface area contributed by atoms with Crippen LogP contribution in [0.5, 0.6) is 0 Å². The molecule has 0 saturated heterocycles. The highest BCUT2D eigenvalue weighted by atomic mass is 16.3. The van der Waals surface area contributed by atoms with Gasteiger partial charge in [0.25, 0.3) is 0 Å². The third kappa shape index (κ3) is 2.11. The van der Waals surface area contributed by atoms with Gasteiger partial charge in [-0.25, -0.2) is 0 Å². The van der Waals surface area contributed by atoms with E-state index in [0.29, 0.717) is 6.42 Å². The van der Waals surface area contributed by atoms with Gasteiger partial charge in [0, 0.05) is 6.42 Å². The molecule has 1 aromatic carbocycles. The van der Waals surface area contributed by atoms with Crippen LogP contribution in [0.25, 0.3) is 0 Å². The summed E-state index contributed by atoms with van der Waals surface area (Å²) < 4.78 is 0. The van der Waals surface area contributed by atoms with Crippen LogP contribution < -0.4 is 0 Å². The standard InChI is InChI=1S/C12H14O/c1-4-6-11(13)12-9(2)7-5-8-10(12)3/h1,5,7-8,11,13H,6H2,2-3H3. The molecule has 1 atom stereocenters. The van der Waals surface area contributed by atoms with E-state index in [9.17, 15) is 5.11 Å². The number of aliphatic hydroxyl groups is 1. The second-order valence-electron chi connectivity index (χ2n) is 3.23. The molecule has 13 heavy (non-hydrogen) atoms. The first-order valence-corrected chi connectivity index (χ1v) is 4.34. The number of benzene rings is 1. The Labute approximate surface area is 79.4 Å². The second-order valence-corrected chi connectivity index (χ2v) is 3.23. The molecule has 0 spiro atoms. The molecule has 0 saturated carbocycles. The third-order valence-electron chi connectivity index (χ3n) is 2.19. The summed E-state index contributed by atoms with van der Waals surface area (Å²) >= 11 is 0. The first kappa shape index (κ1) is 9.83. The lowest BCUT2D eigenvalue weighted by Gasteiger charge is -2.13. The Hall–Kier alpha value is -1.26. The molecule has 1 unspecified atom stereocenters. The lowest BCUT2D eigenvalue weighted by molar-refractivity contribution is 0.182. The van der Waals surface area contributed by atoms with E-state index in [4.69, 9.17) is 6.42 Å². The minimum absolute atomic E-state index is 0.381. The summed E-state index contributed by atoms with van der Waals surface area (Å²) in [5.74, 6) is 2.47. The lowest BCUT2D eigenvalue weighted by Crippen LogP contribution is -2.01. The van der Waals surface area contributed by atoms with Crippen molar-refractivity contribution in [3.8, 4) is 12.3 Å². The molecule has 0 heterocycles. The number of rotatable bonds is 2. The monoisotopic (exact) mass is 174 g/mol. The van der Waals surface area contributed by atoms with Crippen molar-refractivity contribution < 1.29 is 5.11 Å². The van der Waals surface area contributed by atoms with E-state index in [1.165, 1.54) is 0 Å². The molecule has 1 rings (SSSR count). The SMILES string of the molecule is C#CCC(O)c1c(C)cccc1C. The maximum absolute atomic E-state index is 9.74. The van der Waals surface area contributed by atoms with Gasteiger partial charge in [0.2, 0.25) is 0 Å². The fourth-order valence-electron chi connectivity index (χ4n) is 1.57. The number of terminal acetylenes is 1. The van der Waals surface area contributed by atoms with Gasteiger partial charge in [0.05, 0.1) is 6.10 Å². The molecule has 1 nitrogen and oxygen atoms in total. The number of hydrogen-bond donors (Lipinski definition) is 1. The Morgan fingerprint density at radius 1 is 1.38 bits per heavy atom. The summed E-state index contributed by atoms with van der Waals surface area (Å²) in [4.78, 5) is 0. The Morgan fingerprint density at radius 3 is 2.38 bits per heavy atom. The van der Waals surface area contributed by atoms with E-state index in [1.54, 1.807) is 0 Å². The molecular weight excluding hydrogens is 160 g/mol. The van der Waals surface area contributed by atoms with Gasteiger partial charge in [-0.15, -0.1) is 12.3 Å². The summed E-state index contributed by atoms with van der Waals surface area (Å²) in [5.41, 5.74) is 3.17. The normalized spacial score (nSPS) is 12.2. The highest BCUT2D eigenvalue weighted by Crippen LogP contribution is 2.23. The molecule has 0 radical (unpaired) electrons. The van der Waals surface area contributed by atoms with E-state index in [2.05, 4.69) is 5.92 Å². The maximum atomic E-state index is 9.74. The van der Waals surface area contributed by atoms with Gasteiger partial charge in [0.15, 0.2) is 0 Å². The first-order valence-electron chi connectivity index (χ1n) is 4.34. The van der Waals surface area contributed by atoms with E-state index in [0.717, 1.165) is 16.7 Å². The van der Waals surface area contributed by atoms with Crippen molar-refractivity contribution >= 4 is 0 Å². The second kappa shape index (κ2) is 4.11. The van der Waals surface area contributed by atoms with Crippen LogP contribution in [0.3, 0.4) is 0 Å². The van der Waals surface area contributed by atoms with Crippen LogP contribution in [0.4, 0.5) is 0 Å². The molecule has 68 valence electrons. The van der Waals surface area contributed by atoms with Crippen molar-refractivity contribution in [3.63, 3.8) is 0 Å². The highest BCUT2D eigenvalue weighted by molar-refractivity contribution is 5.35. The van der Waals surface area contributed by atoms with Gasteiger partial charge in [-0.2, -0.15) is 0 Å². The Bertz CT molecular complexity index is 313. The van der Waals surface area contributed by atoms with Crippen LogP contribution in [0.2, 0.25) is 0 Å². The average molecular weight is 174 g/mol. The van der Waals surface area contributed by atoms with Crippen molar-refractivity contribution in [1.29, 1.82) is 0 Å². The van der Waals surface area contributed by atoms with Gasteiger partial charge in [0.1, 0.15) is 0 Å². The van der Waals surface area contributed by atoms with Crippen LogP contribution in [-0.4, -0.2) is 5.11 Å². The van der Waals surface area contributed by atoms with Crippen LogP contribution in [-0.2, 0) is 0 Å². The number of hydrogen-bond acceptors (Lipinski definition) is 1. The van der Waals surface area contributed by atoms with E-state index in [1.807, 2.05) is 32.0 Å². The average Bonchev–Trinajstić information content (AvgIpc) is 2.04. The van der Waals surface area contributed by atoms with Crippen molar-refractivity contribution in [1.82, 2.24) is 0 Å². The largest absolute Gasteiger partial charge is 0.387 e. The topological polar surface area (TPSA) is 20.2 Å². The Morgan fingerprint density at radius 2 is 1.92 bits per heavy atom. The molecule has 0 aliphatic heterocycles. The van der Waals surface area contributed by atoms with Crippen LogP contribution in [0.1, 0.15) is 29.2 Å². The molecule has 0 fully saturated rings. The Balaban J connectivity index is 3.06. The quantitative estimate of drug-likeness (QED) is 0.682. The fourth-order valence-corrected chi connectivity index (χ4v) is 1.57. The van der Waals surface area contributed by atoms with Gasteiger partial charge in [-0.05, 0) is 30.5 Å². The fraction of sp³-hybridized carbons (Fsp3) is 0.333. The van der Waals surface area contributed by atoms with E-state index >= 15 is 0 Å². The van der Waals surface area contributed by atoms with Crippen LogP contribution in [0, 0.1) is 26.2 Å². The molecule has 1 heteroatoms. The zero-order chi connectivity index (χ0) is 9.84. The van der Waals surface area contributed by atoms with Crippen molar-refractivity contribution in [2.45, 2.75) is 26.4 Å². The van der Waals surface area contributed by atoms with Gasteiger partial charge >= 0.3 is 0 Å². The zero-order valence-electron chi connectivity index (χ0n) is 8.04. The Kier molecular flexibility index (Phi) is 3.11. The predicted octanol–water partition coefficient (Wildman–Crippen LogP) is 2.36. The molecule has 0 aliphatic rings. The van der Waals surface area contributed by atoms with Gasteiger partial charge in [-0.3, -0.25) is 0 Å². The van der Waals surface area contributed by atoms with Gasteiger partial charge < -0.3 is 5.11 Å². The molecular formula is C12H14O. The van der Waals surface area contributed by atoms with Crippen molar-refractivity contribution in [2.75, 3.05) is 0 Å². The first-order chi connectivity index (χ1) is 6.16. The summed E-state index contributed by atoms with van der Waals surface area (Å²) in [6.07, 6.45) is 5.02. The maximum Gasteiger partial charge on any atom is 0.0904 e. The van der Waals surface area contributed by atoms with Crippen LogP contribution in [0.15, 0.2) is 18.2 Å². The molecule has 0 amide bonds. The minimum atomic E-state index is -0.522. The summed E-state index contributed by atoms with van der Waals surface area (Å²) in [6.45, 7) is 3.98. The molecule has 1 N–H and O–H groups in total. The van der Waals surface area contributed by atoms with Crippen molar-refractivity contribution in [3.05, 3.63) is 34.9 Å². The summed E-state index contributed by atoms with van der Waals surface area (Å²) in [7, 11) is 0. The number of aliphatic hydroxyl groups excluding tert-OH is 1. The molecule has 0 bridgehead atoms. The zero-order valence-corrected chi connectivity index (χ0v) is 8.04. The molecule has 0 aliphatic carbocycles. The highest BCUT2D eigenvalue weighted by Gasteiger charge is 2.10.